The van der Waals surface area contributed by atoms with Gasteiger partial charge in [-0.25, -0.2) is 4.79 Å². The molecule has 1 aromatic rings. The summed E-state index contributed by atoms with van der Waals surface area (Å²) in [7, 11) is 1.69. The van der Waals surface area contributed by atoms with Gasteiger partial charge in [0.25, 0.3) is 0 Å². The summed E-state index contributed by atoms with van der Waals surface area (Å²) in [6.45, 7) is 4.38. The van der Waals surface area contributed by atoms with Crippen LogP contribution in [0.2, 0.25) is 0 Å². The Balaban J connectivity index is 1.99. The number of aromatic nitrogens is 2. The second-order valence-corrected chi connectivity index (χ2v) is 4.98. The zero-order valence-electron chi connectivity index (χ0n) is 11.3. The van der Waals surface area contributed by atoms with Gasteiger partial charge in [-0.1, -0.05) is 6.92 Å². The molecule has 2 rings (SSSR count). The number of nitrogens with zero attached hydrogens (tertiary/aromatic N) is 2. The number of methoxy groups -OCH3 is 1. The molecule has 1 atom stereocenters. The predicted molar refractivity (Wildman–Crippen MR) is 70.9 cm³/mol. The normalized spacial score (nSPS) is 17.0. The molecule has 1 aromatic heterocycles. The second kappa shape index (κ2) is 6.20. The van der Waals surface area contributed by atoms with E-state index in [0.29, 0.717) is 19.2 Å². The van der Waals surface area contributed by atoms with Crippen LogP contribution in [-0.4, -0.2) is 35.4 Å². The van der Waals surface area contributed by atoms with E-state index in [1.54, 1.807) is 11.7 Å². The molecule has 1 saturated carbocycles. The van der Waals surface area contributed by atoms with Crippen LogP contribution in [0.1, 0.15) is 32.2 Å². The van der Waals surface area contributed by atoms with Crippen LogP contribution in [0.25, 0.3) is 0 Å². The fraction of sp³-hybridized carbons (Fsp3) is 0.769. The van der Waals surface area contributed by atoms with Gasteiger partial charge in [-0.2, -0.15) is 0 Å². The number of rotatable bonds is 8. The third kappa shape index (κ3) is 3.23. The summed E-state index contributed by atoms with van der Waals surface area (Å²) >= 11 is 0. The topological polar surface area (TPSA) is 48.2 Å². The molecule has 5 heteroatoms. The van der Waals surface area contributed by atoms with Gasteiger partial charge in [0.1, 0.15) is 0 Å². The number of hydrogen-bond acceptors (Lipinski definition) is 3. The summed E-state index contributed by atoms with van der Waals surface area (Å²) in [6, 6.07) is 0.644. The molecule has 0 bridgehead atoms. The maximum atomic E-state index is 12.1. The van der Waals surface area contributed by atoms with Crippen molar-refractivity contribution >= 4 is 0 Å². The molecule has 0 radical (unpaired) electrons. The fourth-order valence-corrected chi connectivity index (χ4v) is 2.16. The van der Waals surface area contributed by atoms with Gasteiger partial charge in [-0.15, -0.1) is 0 Å². The van der Waals surface area contributed by atoms with Crippen molar-refractivity contribution in [3.63, 3.8) is 0 Å². The Bertz CT molecular complexity index is 420. The van der Waals surface area contributed by atoms with Gasteiger partial charge in [0, 0.05) is 38.1 Å². The highest BCUT2D eigenvalue weighted by Crippen LogP contribution is 2.33. The van der Waals surface area contributed by atoms with Crippen molar-refractivity contribution in [2.45, 2.75) is 44.8 Å². The molecule has 1 aliphatic rings. The molecule has 18 heavy (non-hydrogen) atoms. The van der Waals surface area contributed by atoms with Crippen LogP contribution in [0.4, 0.5) is 0 Å². The largest absolute Gasteiger partial charge is 0.383 e. The van der Waals surface area contributed by atoms with Crippen LogP contribution in [-0.2, 0) is 11.3 Å². The SMILES string of the molecule is CCCNC(COC)Cn1ccn(C2CC2)c1=O. The first-order valence-electron chi connectivity index (χ1n) is 6.75. The molecule has 102 valence electrons. The lowest BCUT2D eigenvalue weighted by molar-refractivity contribution is 0.158. The first-order valence-corrected chi connectivity index (χ1v) is 6.75. The van der Waals surface area contributed by atoms with Crippen LogP contribution in [0.5, 0.6) is 0 Å². The average Bonchev–Trinajstić information content (AvgIpc) is 3.14. The van der Waals surface area contributed by atoms with E-state index in [1.165, 1.54) is 0 Å². The summed E-state index contributed by atoms with van der Waals surface area (Å²) in [5.74, 6) is 0. The molecule has 0 aromatic carbocycles. The third-order valence-electron chi connectivity index (χ3n) is 3.28. The number of nitrogens with one attached hydrogen (secondary N) is 1. The van der Waals surface area contributed by atoms with Gasteiger partial charge in [-0.05, 0) is 25.8 Å². The Morgan fingerprint density at radius 2 is 2.28 bits per heavy atom. The molecule has 0 aliphatic heterocycles. The van der Waals surface area contributed by atoms with E-state index < -0.39 is 0 Å². The van der Waals surface area contributed by atoms with Gasteiger partial charge >= 0.3 is 5.69 Å². The maximum absolute atomic E-state index is 12.1. The van der Waals surface area contributed by atoms with Crippen molar-refractivity contribution in [3.05, 3.63) is 22.9 Å². The number of imidazole rings is 1. The quantitative estimate of drug-likeness (QED) is 0.752. The fourth-order valence-electron chi connectivity index (χ4n) is 2.16. The van der Waals surface area contributed by atoms with Crippen LogP contribution in [0.3, 0.4) is 0 Å². The molecule has 0 amide bonds. The van der Waals surface area contributed by atoms with Crippen molar-refractivity contribution < 1.29 is 4.74 Å². The lowest BCUT2D eigenvalue weighted by atomic mass is 10.3. The van der Waals surface area contributed by atoms with Gasteiger partial charge in [-0.3, -0.25) is 9.13 Å². The van der Waals surface area contributed by atoms with Crippen molar-refractivity contribution in [1.82, 2.24) is 14.5 Å². The Kier molecular flexibility index (Phi) is 4.60. The van der Waals surface area contributed by atoms with E-state index in [9.17, 15) is 4.79 Å². The van der Waals surface area contributed by atoms with E-state index >= 15 is 0 Å². The minimum Gasteiger partial charge on any atom is -0.383 e. The van der Waals surface area contributed by atoms with Crippen molar-refractivity contribution in [2.24, 2.45) is 0 Å². The van der Waals surface area contributed by atoms with E-state index in [-0.39, 0.29) is 11.7 Å². The highest BCUT2D eigenvalue weighted by molar-refractivity contribution is 4.92. The highest BCUT2D eigenvalue weighted by atomic mass is 16.5. The summed E-state index contributed by atoms with van der Waals surface area (Å²) in [4.78, 5) is 12.1. The first-order chi connectivity index (χ1) is 8.76. The number of hydrogen-bond donors (Lipinski definition) is 1. The Hall–Kier alpha value is -1.07. The zero-order chi connectivity index (χ0) is 13.0. The molecule has 1 unspecified atom stereocenters. The molecule has 1 fully saturated rings. The summed E-state index contributed by atoms with van der Waals surface area (Å²) in [5, 5.41) is 3.41. The molecule has 1 N–H and O–H groups in total. The van der Waals surface area contributed by atoms with Crippen LogP contribution in [0.15, 0.2) is 17.2 Å². The molecule has 0 saturated heterocycles. The Labute approximate surface area is 108 Å². The van der Waals surface area contributed by atoms with E-state index in [2.05, 4.69) is 12.2 Å². The van der Waals surface area contributed by atoms with Crippen molar-refractivity contribution in [2.75, 3.05) is 20.3 Å². The van der Waals surface area contributed by atoms with E-state index in [1.807, 2.05) is 17.0 Å². The van der Waals surface area contributed by atoms with Gasteiger partial charge in [0.2, 0.25) is 0 Å². The maximum Gasteiger partial charge on any atom is 0.328 e. The zero-order valence-corrected chi connectivity index (χ0v) is 11.3. The molecule has 1 aliphatic carbocycles. The van der Waals surface area contributed by atoms with Gasteiger partial charge in [0.15, 0.2) is 0 Å². The lowest BCUT2D eigenvalue weighted by Gasteiger charge is -2.17. The average molecular weight is 253 g/mol. The standard InChI is InChI=1S/C13H23N3O2/c1-3-6-14-11(10-18-2)9-15-7-8-16(13(15)17)12-4-5-12/h7-8,11-12,14H,3-6,9-10H2,1-2H3. The van der Waals surface area contributed by atoms with Gasteiger partial charge in [0.05, 0.1) is 6.61 Å². The number of ether oxygens (including phenoxy) is 1. The lowest BCUT2D eigenvalue weighted by Crippen LogP contribution is -2.40. The third-order valence-corrected chi connectivity index (χ3v) is 3.28. The summed E-state index contributed by atoms with van der Waals surface area (Å²) < 4.78 is 8.83. The minimum absolute atomic E-state index is 0.108. The van der Waals surface area contributed by atoms with Crippen LogP contribution in [0, 0.1) is 0 Å². The van der Waals surface area contributed by atoms with Crippen molar-refractivity contribution in [3.8, 4) is 0 Å². The van der Waals surface area contributed by atoms with Crippen LogP contribution < -0.4 is 11.0 Å². The monoisotopic (exact) mass is 253 g/mol. The smallest absolute Gasteiger partial charge is 0.328 e. The second-order valence-electron chi connectivity index (χ2n) is 4.98. The summed E-state index contributed by atoms with van der Waals surface area (Å²) in [6.07, 6.45) is 7.15. The summed E-state index contributed by atoms with van der Waals surface area (Å²) in [5.41, 5.74) is 0.108. The van der Waals surface area contributed by atoms with Crippen LogP contribution >= 0.6 is 0 Å². The van der Waals surface area contributed by atoms with E-state index in [0.717, 1.165) is 25.8 Å². The first kappa shape index (κ1) is 13.4. The molecular weight excluding hydrogens is 230 g/mol. The van der Waals surface area contributed by atoms with Gasteiger partial charge < -0.3 is 10.1 Å². The minimum atomic E-state index is 0.108. The predicted octanol–water partition coefficient (Wildman–Crippen LogP) is 0.999. The van der Waals surface area contributed by atoms with Crippen molar-refractivity contribution in [1.29, 1.82) is 0 Å². The Morgan fingerprint density at radius 1 is 1.50 bits per heavy atom. The molecule has 5 nitrogen and oxygen atoms in total. The van der Waals surface area contributed by atoms with E-state index in [4.69, 9.17) is 4.74 Å². The molecule has 0 spiro atoms. The Morgan fingerprint density at radius 3 is 2.89 bits per heavy atom. The molecular formula is C13H23N3O2. The molecule has 1 heterocycles. The highest BCUT2D eigenvalue weighted by Gasteiger charge is 2.25.